The third kappa shape index (κ3) is 3.62. The molecule has 1 aliphatic heterocycles. The number of piperazine rings is 1. The van der Waals surface area contributed by atoms with Crippen LogP contribution < -0.4 is 0 Å². The fraction of sp³-hybridized carbons (Fsp3) is 0.429. The van der Waals surface area contributed by atoms with Crippen LogP contribution in [0.5, 0.6) is 0 Å². The molecule has 0 aromatic carbocycles. The topological polar surface area (TPSA) is 67.2 Å². The Morgan fingerprint density at radius 2 is 1.93 bits per heavy atom. The van der Waals surface area contributed by atoms with Gasteiger partial charge in [-0.3, -0.25) is 19.4 Å². The Kier molecular flexibility index (Phi) is 5.09. The molecule has 3 aromatic heterocycles. The lowest BCUT2D eigenvalue weighted by atomic mass is 10.1. The van der Waals surface area contributed by atoms with E-state index < -0.39 is 0 Å². The zero-order chi connectivity index (χ0) is 19.7. The summed E-state index contributed by atoms with van der Waals surface area (Å²) in [6.07, 6.45) is 2.78. The lowest BCUT2D eigenvalue weighted by Gasteiger charge is -2.34. The number of amides is 1. The Bertz CT molecular complexity index is 989. The standard InChI is InChI=1S/C21H26N6O/c1-15-14-18(19-16(2)24-25(3)20(19)23-15)21(28)27-12-10-26(11-13-27)9-7-17-6-4-5-8-22-17/h4-6,8,14H,7,9-13H2,1-3H3. The number of nitrogens with zero attached hydrogens (tertiary/aromatic N) is 6. The van der Waals surface area contributed by atoms with Crippen molar-refractivity contribution >= 4 is 16.9 Å². The van der Waals surface area contributed by atoms with Crippen LogP contribution in [0.1, 0.15) is 27.4 Å². The molecule has 0 N–H and O–H groups in total. The van der Waals surface area contributed by atoms with Gasteiger partial charge in [-0.1, -0.05) is 6.07 Å². The van der Waals surface area contributed by atoms with Crippen molar-refractivity contribution < 1.29 is 4.79 Å². The van der Waals surface area contributed by atoms with E-state index in [4.69, 9.17) is 0 Å². The van der Waals surface area contributed by atoms with E-state index in [-0.39, 0.29) is 5.91 Å². The Balaban J connectivity index is 1.44. The maximum Gasteiger partial charge on any atom is 0.254 e. The van der Waals surface area contributed by atoms with Gasteiger partial charge in [-0.2, -0.15) is 5.10 Å². The summed E-state index contributed by atoms with van der Waals surface area (Å²) in [5.74, 6) is 0.0796. The van der Waals surface area contributed by atoms with Crippen molar-refractivity contribution in [2.75, 3.05) is 32.7 Å². The molecule has 0 saturated carbocycles. The Hall–Kier alpha value is -2.80. The molecule has 1 fully saturated rings. The highest BCUT2D eigenvalue weighted by Gasteiger charge is 2.25. The number of fused-ring (bicyclic) bond motifs is 1. The molecular weight excluding hydrogens is 352 g/mol. The number of aryl methyl sites for hydroxylation is 3. The molecule has 4 rings (SSSR count). The second-order valence-corrected chi connectivity index (χ2v) is 7.42. The molecule has 7 heteroatoms. The fourth-order valence-corrected chi connectivity index (χ4v) is 3.90. The summed E-state index contributed by atoms with van der Waals surface area (Å²) in [4.78, 5) is 26.6. The quantitative estimate of drug-likeness (QED) is 0.694. The summed E-state index contributed by atoms with van der Waals surface area (Å²) < 4.78 is 1.75. The van der Waals surface area contributed by atoms with Gasteiger partial charge in [0.15, 0.2) is 5.65 Å². The van der Waals surface area contributed by atoms with Crippen molar-refractivity contribution in [3.8, 4) is 0 Å². The van der Waals surface area contributed by atoms with Crippen LogP contribution in [0, 0.1) is 13.8 Å². The highest BCUT2D eigenvalue weighted by atomic mass is 16.2. The monoisotopic (exact) mass is 378 g/mol. The largest absolute Gasteiger partial charge is 0.336 e. The van der Waals surface area contributed by atoms with Crippen LogP contribution in [0.4, 0.5) is 0 Å². The van der Waals surface area contributed by atoms with Crippen LogP contribution in [-0.4, -0.2) is 68.2 Å². The number of rotatable bonds is 4. The van der Waals surface area contributed by atoms with E-state index in [2.05, 4.69) is 26.0 Å². The van der Waals surface area contributed by atoms with E-state index >= 15 is 0 Å². The van der Waals surface area contributed by atoms with Gasteiger partial charge >= 0.3 is 0 Å². The van der Waals surface area contributed by atoms with Crippen molar-refractivity contribution in [2.24, 2.45) is 7.05 Å². The Labute approximate surface area is 165 Å². The summed E-state index contributed by atoms with van der Waals surface area (Å²) in [6.45, 7) is 8.08. The first-order chi connectivity index (χ1) is 13.5. The number of carbonyl (C=O) groups is 1. The van der Waals surface area contributed by atoms with Gasteiger partial charge in [-0.05, 0) is 32.0 Å². The van der Waals surface area contributed by atoms with Crippen molar-refractivity contribution in [1.82, 2.24) is 29.5 Å². The minimum atomic E-state index is 0.0796. The summed E-state index contributed by atoms with van der Waals surface area (Å²) in [5.41, 5.74) is 4.29. The van der Waals surface area contributed by atoms with Gasteiger partial charge in [0, 0.05) is 63.8 Å². The zero-order valence-corrected chi connectivity index (χ0v) is 16.7. The normalized spacial score (nSPS) is 15.3. The highest BCUT2D eigenvalue weighted by molar-refractivity contribution is 6.06. The van der Waals surface area contributed by atoms with Crippen LogP contribution in [0.25, 0.3) is 11.0 Å². The molecule has 0 bridgehead atoms. The summed E-state index contributed by atoms with van der Waals surface area (Å²) >= 11 is 0. The summed E-state index contributed by atoms with van der Waals surface area (Å²) in [6, 6.07) is 7.92. The van der Waals surface area contributed by atoms with Crippen LogP contribution >= 0.6 is 0 Å². The summed E-state index contributed by atoms with van der Waals surface area (Å²) in [5, 5.41) is 5.32. The molecule has 0 radical (unpaired) electrons. The number of hydrogen-bond acceptors (Lipinski definition) is 5. The van der Waals surface area contributed by atoms with Crippen LogP contribution in [0.2, 0.25) is 0 Å². The maximum atomic E-state index is 13.2. The highest BCUT2D eigenvalue weighted by Crippen LogP contribution is 2.23. The fourth-order valence-electron chi connectivity index (χ4n) is 3.90. The maximum absolute atomic E-state index is 13.2. The first-order valence-electron chi connectivity index (χ1n) is 9.75. The van der Waals surface area contributed by atoms with Gasteiger partial charge in [-0.25, -0.2) is 4.98 Å². The van der Waals surface area contributed by atoms with Gasteiger partial charge in [0.25, 0.3) is 5.91 Å². The van der Waals surface area contributed by atoms with Crippen LogP contribution in [-0.2, 0) is 13.5 Å². The number of pyridine rings is 2. The first kappa shape index (κ1) is 18.6. The smallest absolute Gasteiger partial charge is 0.254 e. The molecule has 0 atom stereocenters. The number of aromatic nitrogens is 4. The van der Waals surface area contributed by atoms with Gasteiger partial charge in [0.1, 0.15) is 0 Å². The molecule has 1 saturated heterocycles. The van der Waals surface area contributed by atoms with Gasteiger partial charge < -0.3 is 4.90 Å². The van der Waals surface area contributed by atoms with E-state index in [0.29, 0.717) is 0 Å². The second-order valence-electron chi connectivity index (χ2n) is 7.42. The van der Waals surface area contributed by atoms with Crippen molar-refractivity contribution in [3.05, 3.63) is 53.1 Å². The minimum absolute atomic E-state index is 0.0796. The number of hydrogen-bond donors (Lipinski definition) is 0. The van der Waals surface area contributed by atoms with E-state index in [1.807, 2.05) is 50.2 Å². The van der Waals surface area contributed by atoms with E-state index in [9.17, 15) is 4.79 Å². The molecule has 146 valence electrons. The lowest BCUT2D eigenvalue weighted by molar-refractivity contribution is 0.0640. The molecular formula is C21H26N6O. The molecule has 7 nitrogen and oxygen atoms in total. The Morgan fingerprint density at radius 1 is 1.14 bits per heavy atom. The molecule has 1 amide bonds. The van der Waals surface area contributed by atoms with Crippen LogP contribution in [0.15, 0.2) is 30.5 Å². The number of carbonyl (C=O) groups excluding carboxylic acids is 1. The van der Waals surface area contributed by atoms with E-state index in [1.165, 1.54) is 0 Å². The van der Waals surface area contributed by atoms with Gasteiger partial charge in [-0.15, -0.1) is 0 Å². The average molecular weight is 378 g/mol. The first-order valence-corrected chi connectivity index (χ1v) is 9.75. The zero-order valence-electron chi connectivity index (χ0n) is 16.7. The van der Waals surface area contributed by atoms with Crippen molar-refractivity contribution in [1.29, 1.82) is 0 Å². The van der Waals surface area contributed by atoms with Crippen molar-refractivity contribution in [3.63, 3.8) is 0 Å². The molecule has 0 unspecified atom stereocenters. The third-order valence-corrected chi connectivity index (χ3v) is 5.40. The Morgan fingerprint density at radius 3 is 2.64 bits per heavy atom. The third-order valence-electron chi connectivity index (χ3n) is 5.40. The lowest BCUT2D eigenvalue weighted by Crippen LogP contribution is -2.49. The average Bonchev–Trinajstić information content (AvgIpc) is 3.00. The predicted octanol–water partition coefficient (Wildman–Crippen LogP) is 1.98. The molecule has 0 aliphatic carbocycles. The van der Waals surface area contributed by atoms with Crippen LogP contribution in [0.3, 0.4) is 0 Å². The van der Waals surface area contributed by atoms with Gasteiger partial charge in [0.2, 0.25) is 0 Å². The molecule has 4 heterocycles. The SMILES string of the molecule is Cc1cc(C(=O)N2CCN(CCc3ccccn3)CC2)c2c(C)nn(C)c2n1. The molecule has 1 aliphatic rings. The van der Waals surface area contributed by atoms with Gasteiger partial charge in [0.05, 0.1) is 16.6 Å². The molecule has 3 aromatic rings. The molecule has 0 spiro atoms. The summed E-state index contributed by atoms with van der Waals surface area (Å²) in [7, 11) is 1.87. The van der Waals surface area contributed by atoms with E-state index in [1.54, 1.807) is 4.68 Å². The second kappa shape index (κ2) is 7.67. The molecule has 28 heavy (non-hydrogen) atoms. The minimum Gasteiger partial charge on any atom is -0.336 e. The van der Waals surface area contributed by atoms with Crippen molar-refractivity contribution in [2.45, 2.75) is 20.3 Å². The predicted molar refractivity (Wildman–Crippen MR) is 108 cm³/mol. The van der Waals surface area contributed by atoms with E-state index in [0.717, 1.165) is 72.8 Å².